The van der Waals surface area contributed by atoms with Gasteiger partial charge in [0.25, 0.3) is 5.88 Å². The van der Waals surface area contributed by atoms with E-state index >= 15 is 0 Å². The molecule has 1 unspecified atom stereocenters. The van der Waals surface area contributed by atoms with Gasteiger partial charge in [-0.2, -0.15) is 19.9 Å². The van der Waals surface area contributed by atoms with E-state index in [0.717, 1.165) is 10.5 Å². The zero-order valence-electron chi connectivity index (χ0n) is 10.0. The first kappa shape index (κ1) is 14.7. The van der Waals surface area contributed by atoms with Crippen LogP contribution in [0.15, 0.2) is 35.4 Å². The summed E-state index contributed by atoms with van der Waals surface area (Å²) in [5, 5.41) is 9.87. The molecule has 2 rings (SSSR count). The van der Waals surface area contributed by atoms with Crippen molar-refractivity contribution in [1.82, 2.24) is 15.4 Å². The molecule has 0 aliphatic heterocycles. The summed E-state index contributed by atoms with van der Waals surface area (Å²) in [5.41, 5.74) is 0.997. The molecule has 1 atom stereocenters. The van der Waals surface area contributed by atoms with Crippen molar-refractivity contribution >= 4 is 17.0 Å². The van der Waals surface area contributed by atoms with Crippen molar-refractivity contribution in [2.24, 2.45) is 0 Å². The maximum absolute atomic E-state index is 11.2. The van der Waals surface area contributed by atoms with E-state index < -0.39 is 10.8 Å². The first-order valence-corrected chi connectivity index (χ1v) is 6.63. The Bertz CT molecular complexity index is 548. The molecule has 0 amide bonds. The van der Waals surface area contributed by atoms with Crippen LogP contribution in [-0.2, 0) is 27.0 Å². The summed E-state index contributed by atoms with van der Waals surface area (Å²) in [6.45, 7) is 0.420. The van der Waals surface area contributed by atoms with Gasteiger partial charge in [0.2, 0.25) is 0 Å². The van der Waals surface area contributed by atoms with E-state index in [9.17, 15) is 4.21 Å². The van der Waals surface area contributed by atoms with Crippen molar-refractivity contribution in [2.75, 3.05) is 6.26 Å². The Morgan fingerprint density at radius 1 is 1.32 bits per heavy atom. The molecule has 0 aliphatic carbocycles. The van der Waals surface area contributed by atoms with E-state index in [1.165, 1.54) is 6.20 Å². The van der Waals surface area contributed by atoms with Crippen LogP contribution < -0.4 is 4.74 Å². The molecule has 1 heterocycles. The number of hydrogen-bond acceptors (Lipinski definition) is 6. The van der Waals surface area contributed by atoms with Gasteiger partial charge in [0.15, 0.2) is 0 Å². The number of aromatic nitrogens is 3. The first-order valence-electron chi connectivity index (χ1n) is 5.07. The summed E-state index contributed by atoms with van der Waals surface area (Å²) in [5.74, 6) is 0.461. The second-order valence-corrected chi connectivity index (χ2v) is 4.66. The fourth-order valence-corrected chi connectivity index (χ4v) is 1.71. The maximum atomic E-state index is 11.2. The lowest BCUT2D eigenvalue weighted by atomic mass is 10.2. The fourth-order valence-electron chi connectivity index (χ4n) is 1.20. The summed E-state index contributed by atoms with van der Waals surface area (Å²) in [4.78, 5) is 17.1. The lowest BCUT2D eigenvalue weighted by molar-refractivity contribution is -0.191. The van der Waals surface area contributed by atoms with Crippen LogP contribution in [-0.4, -0.2) is 32.0 Å². The molecule has 19 heavy (non-hydrogen) atoms. The number of ether oxygens (including phenoxy) is 1. The zero-order chi connectivity index (χ0) is 14.1. The topological polar surface area (TPSA) is 102 Å². The van der Waals surface area contributed by atoms with Gasteiger partial charge in [0, 0.05) is 22.0 Å². The normalized spacial score (nSPS) is 10.8. The smallest absolute Gasteiger partial charge is 0.373 e. The summed E-state index contributed by atoms with van der Waals surface area (Å²) in [7, 11) is -0.939. The highest BCUT2D eigenvalue weighted by Crippen LogP contribution is 2.10. The number of aromatic amines is 1. The van der Waals surface area contributed by atoms with Gasteiger partial charge in [0.1, 0.15) is 12.8 Å². The number of H-pyrrole nitrogens is 1. The number of carbonyl (C=O) groups excluding carboxylic acids is 2. The highest BCUT2D eigenvalue weighted by Gasteiger charge is 2.00. The van der Waals surface area contributed by atoms with E-state index in [-0.39, 0.29) is 6.15 Å². The Morgan fingerprint density at radius 2 is 1.95 bits per heavy atom. The molecule has 8 heteroatoms. The molecule has 0 aliphatic rings. The molecule has 0 saturated carbocycles. The predicted octanol–water partition coefficient (Wildman–Crippen LogP) is 0.538. The van der Waals surface area contributed by atoms with Gasteiger partial charge in [-0.25, -0.2) is 0 Å². The monoisotopic (exact) mass is 281 g/mol. The summed E-state index contributed by atoms with van der Waals surface area (Å²) < 4.78 is 16.5. The van der Waals surface area contributed by atoms with Crippen LogP contribution in [0.2, 0.25) is 0 Å². The average Bonchev–Trinajstić information content (AvgIpc) is 2.91. The van der Waals surface area contributed by atoms with Crippen LogP contribution >= 0.6 is 0 Å². The first-order chi connectivity index (χ1) is 9.17. The van der Waals surface area contributed by atoms with Crippen LogP contribution in [0.4, 0.5) is 0 Å². The van der Waals surface area contributed by atoms with E-state index in [1.807, 2.05) is 24.3 Å². The van der Waals surface area contributed by atoms with Gasteiger partial charge in [-0.3, -0.25) is 4.21 Å². The number of rotatable bonds is 4. The summed E-state index contributed by atoms with van der Waals surface area (Å²) in [6.07, 6.45) is 3.41. The molecular weight excluding hydrogens is 270 g/mol. The Balaban J connectivity index is 0.000000550. The Morgan fingerprint density at radius 3 is 2.42 bits per heavy atom. The van der Waals surface area contributed by atoms with Crippen molar-refractivity contribution in [2.45, 2.75) is 11.5 Å². The number of nitrogens with zero attached hydrogens (tertiary/aromatic N) is 2. The van der Waals surface area contributed by atoms with Gasteiger partial charge in [-0.05, 0) is 17.7 Å². The minimum atomic E-state index is -0.939. The average molecular weight is 281 g/mol. The van der Waals surface area contributed by atoms with Gasteiger partial charge in [-0.15, -0.1) is 5.10 Å². The predicted molar refractivity (Wildman–Crippen MR) is 64.5 cm³/mol. The van der Waals surface area contributed by atoms with Gasteiger partial charge >= 0.3 is 6.15 Å². The van der Waals surface area contributed by atoms with Crippen molar-refractivity contribution in [3.05, 3.63) is 36.0 Å². The Kier molecular flexibility index (Phi) is 6.14. The molecule has 2 aromatic rings. The third-order valence-corrected chi connectivity index (χ3v) is 2.97. The maximum Gasteiger partial charge on any atom is 0.373 e. The Labute approximate surface area is 111 Å². The minimum absolute atomic E-state index is 0.250. The molecule has 1 aromatic heterocycles. The summed E-state index contributed by atoms with van der Waals surface area (Å²) >= 11 is 0. The van der Waals surface area contributed by atoms with Crippen LogP contribution in [0.1, 0.15) is 5.56 Å². The van der Waals surface area contributed by atoms with E-state index in [2.05, 4.69) is 15.4 Å². The third-order valence-electron chi connectivity index (χ3n) is 2.03. The minimum Gasteiger partial charge on any atom is -0.471 e. The van der Waals surface area contributed by atoms with Gasteiger partial charge in [0.05, 0.1) is 0 Å². The highest BCUT2D eigenvalue weighted by molar-refractivity contribution is 7.84. The van der Waals surface area contributed by atoms with E-state index in [0.29, 0.717) is 12.5 Å². The lowest BCUT2D eigenvalue weighted by Gasteiger charge is -2.03. The fraction of sp³-hybridized carbons (Fsp3) is 0.182. The molecular formula is C11H11N3O4S. The molecule has 1 aromatic carbocycles. The number of benzene rings is 1. The van der Waals surface area contributed by atoms with E-state index in [4.69, 9.17) is 14.3 Å². The zero-order valence-corrected chi connectivity index (χ0v) is 10.8. The van der Waals surface area contributed by atoms with Crippen molar-refractivity contribution in [3.8, 4) is 5.88 Å². The summed E-state index contributed by atoms with van der Waals surface area (Å²) in [6, 6.07) is 7.43. The van der Waals surface area contributed by atoms with Crippen LogP contribution in [0, 0.1) is 0 Å². The van der Waals surface area contributed by atoms with Crippen molar-refractivity contribution in [3.63, 3.8) is 0 Å². The van der Waals surface area contributed by atoms with Crippen LogP contribution in [0.5, 0.6) is 5.88 Å². The largest absolute Gasteiger partial charge is 0.471 e. The molecule has 7 nitrogen and oxygen atoms in total. The quantitative estimate of drug-likeness (QED) is 0.877. The van der Waals surface area contributed by atoms with Crippen molar-refractivity contribution in [1.29, 1.82) is 0 Å². The number of nitrogens with one attached hydrogen (secondary N) is 1. The third kappa shape index (κ3) is 5.24. The van der Waals surface area contributed by atoms with Crippen LogP contribution in [0.3, 0.4) is 0 Å². The van der Waals surface area contributed by atoms with Gasteiger partial charge in [-0.1, -0.05) is 12.1 Å². The highest BCUT2D eigenvalue weighted by atomic mass is 32.2. The van der Waals surface area contributed by atoms with Crippen LogP contribution in [0.25, 0.3) is 0 Å². The molecule has 100 valence electrons. The lowest BCUT2D eigenvalue weighted by Crippen LogP contribution is -1.96. The second kappa shape index (κ2) is 7.91. The van der Waals surface area contributed by atoms with E-state index in [1.54, 1.807) is 6.26 Å². The van der Waals surface area contributed by atoms with Gasteiger partial charge < -0.3 is 4.74 Å². The van der Waals surface area contributed by atoms with Crippen molar-refractivity contribution < 1.29 is 18.5 Å². The Hall–Kier alpha value is -2.31. The number of hydrogen-bond donors (Lipinski definition) is 1. The second-order valence-electron chi connectivity index (χ2n) is 3.28. The molecule has 0 radical (unpaired) electrons. The molecule has 0 bridgehead atoms. The SMILES string of the molecule is CS(=O)c1ccc(COc2cn[nH]n2)cc1.O=C=O. The molecule has 0 saturated heterocycles. The molecule has 0 spiro atoms. The molecule has 0 fully saturated rings. The standard InChI is InChI=1S/C10H11N3O2S.CO2/c1-16(14)9-4-2-8(3-5-9)7-15-10-6-11-13-12-10;2-1-3/h2-6H,7H2,1H3,(H,11,12,13);. The molecule has 1 N–H and O–H groups in total.